The van der Waals surface area contributed by atoms with E-state index < -0.39 is 0 Å². The van der Waals surface area contributed by atoms with Crippen LogP contribution < -0.4 is 0 Å². The SMILES string of the molecule is SC1(S)C#CCCCCC1. The molecule has 0 bridgehead atoms. The van der Waals surface area contributed by atoms with E-state index in [2.05, 4.69) is 37.1 Å². The van der Waals surface area contributed by atoms with E-state index in [1.165, 1.54) is 19.3 Å². The first-order valence-electron chi connectivity index (χ1n) is 3.65. The normalized spacial score (nSPS) is 23.8. The predicted octanol–water partition coefficient (Wildman–Crippen LogP) is 2.51. The maximum absolute atomic E-state index is 4.33. The molecule has 0 N–H and O–H groups in total. The second-order valence-electron chi connectivity index (χ2n) is 2.68. The molecule has 0 unspecified atom stereocenters. The van der Waals surface area contributed by atoms with Gasteiger partial charge in [0.05, 0.1) is 0 Å². The molecule has 1 aliphatic carbocycles. The second kappa shape index (κ2) is 3.59. The first-order valence-corrected chi connectivity index (χ1v) is 4.55. The summed E-state index contributed by atoms with van der Waals surface area (Å²) in [6.45, 7) is 0. The number of hydrogen-bond donors (Lipinski definition) is 2. The Bertz CT molecular complexity index is 162. The molecule has 56 valence electrons. The van der Waals surface area contributed by atoms with Gasteiger partial charge in [0, 0.05) is 6.42 Å². The zero-order valence-electron chi connectivity index (χ0n) is 5.93. The zero-order chi connectivity index (χ0) is 7.45. The maximum Gasteiger partial charge on any atom is 0.116 e. The van der Waals surface area contributed by atoms with Crippen LogP contribution in [0.1, 0.15) is 32.1 Å². The molecular weight excluding hydrogens is 160 g/mol. The number of hydrogen-bond acceptors (Lipinski definition) is 2. The van der Waals surface area contributed by atoms with Crippen LogP contribution in [-0.2, 0) is 0 Å². The fourth-order valence-corrected chi connectivity index (χ4v) is 1.50. The molecular formula is C8H12S2. The van der Waals surface area contributed by atoms with E-state index in [1.807, 2.05) is 0 Å². The van der Waals surface area contributed by atoms with Crippen LogP contribution in [0, 0.1) is 11.8 Å². The summed E-state index contributed by atoms with van der Waals surface area (Å²) < 4.78 is -0.319. The molecule has 0 amide bonds. The Morgan fingerprint density at radius 2 is 1.90 bits per heavy atom. The van der Waals surface area contributed by atoms with Crippen LogP contribution >= 0.6 is 25.3 Å². The van der Waals surface area contributed by atoms with Crippen molar-refractivity contribution in [2.24, 2.45) is 0 Å². The van der Waals surface area contributed by atoms with Gasteiger partial charge < -0.3 is 0 Å². The van der Waals surface area contributed by atoms with Crippen molar-refractivity contribution in [3.8, 4) is 11.8 Å². The van der Waals surface area contributed by atoms with Crippen LogP contribution in [0.3, 0.4) is 0 Å². The zero-order valence-corrected chi connectivity index (χ0v) is 7.72. The van der Waals surface area contributed by atoms with Gasteiger partial charge in [0.25, 0.3) is 0 Å². The maximum atomic E-state index is 4.33. The minimum atomic E-state index is -0.319. The Balaban J connectivity index is 2.56. The Labute approximate surface area is 73.6 Å². The Morgan fingerprint density at radius 3 is 2.70 bits per heavy atom. The van der Waals surface area contributed by atoms with Crippen molar-refractivity contribution < 1.29 is 0 Å². The molecule has 1 rings (SSSR count). The molecule has 0 saturated heterocycles. The summed E-state index contributed by atoms with van der Waals surface area (Å²) in [6, 6.07) is 0. The van der Waals surface area contributed by atoms with Gasteiger partial charge in [-0.15, -0.1) is 31.2 Å². The highest BCUT2D eigenvalue weighted by atomic mass is 32.2. The standard InChI is InChI=1S/C8H12S2/c9-8(10)6-4-2-1-3-5-7-8/h9-10H,1-4,6H2. The first kappa shape index (κ1) is 8.36. The smallest absolute Gasteiger partial charge is 0.116 e. The van der Waals surface area contributed by atoms with Gasteiger partial charge in [-0.25, -0.2) is 0 Å². The van der Waals surface area contributed by atoms with Crippen molar-refractivity contribution in [3.05, 3.63) is 0 Å². The molecule has 0 saturated carbocycles. The van der Waals surface area contributed by atoms with Crippen LogP contribution in [0.25, 0.3) is 0 Å². The highest BCUT2D eigenvalue weighted by Gasteiger charge is 2.16. The summed E-state index contributed by atoms with van der Waals surface area (Å²) in [7, 11) is 0. The summed E-state index contributed by atoms with van der Waals surface area (Å²) >= 11 is 8.65. The van der Waals surface area contributed by atoms with Gasteiger partial charge in [-0.05, 0) is 12.8 Å². The van der Waals surface area contributed by atoms with Gasteiger partial charge in [-0.3, -0.25) is 0 Å². The quantitative estimate of drug-likeness (QED) is 0.313. The molecule has 0 nitrogen and oxygen atoms in total. The van der Waals surface area contributed by atoms with Crippen LogP contribution in [0.4, 0.5) is 0 Å². The van der Waals surface area contributed by atoms with Crippen LogP contribution in [0.2, 0.25) is 0 Å². The van der Waals surface area contributed by atoms with Crippen LogP contribution in [0.5, 0.6) is 0 Å². The van der Waals surface area contributed by atoms with E-state index in [0.717, 1.165) is 12.8 Å². The third kappa shape index (κ3) is 2.90. The Morgan fingerprint density at radius 1 is 1.10 bits per heavy atom. The van der Waals surface area contributed by atoms with E-state index in [-0.39, 0.29) is 4.08 Å². The van der Waals surface area contributed by atoms with E-state index in [4.69, 9.17) is 0 Å². The number of thiol groups is 2. The average molecular weight is 172 g/mol. The van der Waals surface area contributed by atoms with E-state index >= 15 is 0 Å². The van der Waals surface area contributed by atoms with Gasteiger partial charge in [0.2, 0.25) is 0 Å². The molecule has 0 spiro atoms. The monoisotopic (exact) mass is 172 g/mol. The summed E-state index contributed by atoms with van der Waals surface area (Å²) in [4.78, 5) is 0. The molecule has 0 atom stereocenters. The lowest BCUT2D eigenvalue weighted by Gasteiger charge is -2.16. The topological polar surface area (TPSA) is 0 Å². The van der Waals surface area contributed by atoms with Crippen LogP contribution in [0.15, 0.2) is 0 Å². The van der Waals surface area contributed by atoms with Crippen LogP contribution in [-0.4, -0.2) is 4.08 Å². The highest BCUT2D eigenvalue weighted by Crippen LogP contribution is 2.27. The summed E-state index contributed by atoms with van der Waals surface area (Å²) in [5, 5.41) is 0. The lowest BCUT2D eigenvalue weighted by molar-refractivity contribution is 0.647. The highest BCUT2D eigenvalue weighted by molar-refractivity contribution is 8.01. The van der Waals surface area contributed by atoms with Crippen molar-refractivity contribution in [1.29, 1.82) is 0 Å². The molecule has 2 heteroatoms. The average Bonchev–Trinajstić information content (AvgIpc) is 1.81. The lowest BCUT2D eigenvalue weighted by atomic mass is 10.1. The molecule has 0 aromatic rings. The van der Waals surface area contributed by atoms with Crippen molar-refractivity contribution in [3.63, 3.8) is 0 Å². The Kier molecular flexibility index (Phi) is 3.00. The summed E-state index contributed by atoms with van der Waals surface area (Å²) in [5.74, 6) is 6.11. The fraction of sp³-hybridized carbons (Fsp3) is 0.750. The van der Waals surface area contributed by atoms with Gasteiger partial charge >= 0.3 is 0 Å². The largest absolute Gasteiger partial charge is 0.149 e. The van der Waals surface area contributed by atoms with Gasteiger partial charge in [-0.2, -0.15) is 0 Å². The third-order valence-electron chi connectivity index (χ3n) is 1.62. The van der Waals surface area contributed by atoms with E-state index in [1.54, 1.807) is 0 Å². The minimum Gasteiger partial charge on any atom is -0.149 e. The van der Waals surface area contributed by atoms with Gasteiger partial charge in [-0.1, -0.05) is 18.8 Å². The van der Waals surface area contributed by atoms with Crippen molar-refractivity contribution in [2.75, 3.05) is 0 Å². The summed E-state index contributed by atoms with van der Waals surface area (Å²) in [6.07, 6.45) is 5.75. The van der Waals surface area contributed by atoms with E-state index in [0.29, 0.717) is 0 Å². The third-order valence-corrected chi connectivity index (χ3v) is 2.29. The van der Waals surface area contributed by atoms with Crippen molar-refractivity contribution in [1.82, 2.24) is 0 Å². The first-order chi connectivity index (χ1) is 4.71. The molecule has 0 fully saturated rings. The fourth-order valence-electron chi connectivity index (χ4n) is 1.03. The molecule has 0 aliphatic heterocycles. The predicted molar refractivity (Wildman–Crippen MR) is 51.6 cm³/mol. The molecule has 0 aromatic carbocycles. The van der Waals surface area contributed by atoms with Crippen molar-refractivity contribution >= 4 is 25.3 Å². The molecule has 10 heavy (non-hydrogen) atoms. The summed E-state index contributed by atoms with van der Waals surface area (Å²) in [5.41, 5.74) is 0. The Hall–Kier alpha value is 0.260. The van der Waals surface area contributed by atoms with Gasteiger partial charge in [0.1, 0.15) is 4.08 Å². The van der Waals surface area contributed by atoms with Crippen molar-refractivity contribution in [2.45, 2.75) is 36.2 Å². The van der Waals surface area contributed by atoms with E-state index in [9.17, 15) is 0 Å². The molecule has 0 radical (unpaired) electrons. The molecule has 1 aliphatic rings. The molecule has 0 heterocycles. The molecule has 0 aromatic heterocycles. The minimum absolute atomic E-state index is 0.319. The second-order valence-corrected chi connectivity index (χ2v) is 4.56. The lowest BCUT2D eigenvalue weighted by Crippen LogP contribution is -2.10. The van der Waals surface area contributed by atoms with Gasteiger partial charge in [0.15, 0.2) is 0 Å². The number of rotatable bonds is 0.